The quantitative estimate of drug-likeness (QED) is 0.388. The largest absolute Gasteiger partial charge is 0.488 e. The Hall–Kier alpha value is -3.69. The molecule has 1 heterocycles. The highest BCUT2D eigenvalue weighted by atomic mass is 19.4. The van der Waals surface area contributed by atoms with E-state index in [1.807, 2.05) is 54.6 Å². The zero-order valence-electron chi connectivity index (χ0n) is 18.2. The third-order valence-electron chi connectivity index (χ3n) is 5.23. The molecule has 4 aromatic rings. The molecule has 0 aliphatic carbocycles. The lowest BCUT2D eigenvalue weighted by atomic mass is 10.0. The number of hydrogen-bond donors (Lipinski definition) is 2. The van der Waals surface area contributed by atoms with Gasteiger partial charge in [-0.05, 0) is 41.8 Å². The van der Waals surface area contributed by atoms with Crippen molar-refractivity contribution >= 4 is 0 Å². The van der Waals surface area contributed by atoms with Gasteiger partial charge in [-0.15, -0.1) is 10.2 Å². The molecule has 4 rings (SSSR count). The Balaban J connectivity index is 1.54. The predicted molar refractivity (Wildman–Crippen MR) is 120 cm³/mol. The average molecular weight is 469 g/mol. The molecule has 0 saturated heterocycles. The minimum Gasteiger partial charge on any atom is -0.488 e. The Morgan fingerprint density at radius 1 is 0.912 bits per heavy atom. The van der Waals surface area contributed by atoms with E-state index >= 15 is 0 Å². The van der Waals surface area contributed by atoms with Gasteiger partial charge in [-0.25, -0.2) is 0 Å². The third kappa shape index (κ3) is 5.11. The minimum absolute atomic E-state index is 0.0375. The summed E-state index contributed by atoms with van der Waals surface area (Å²) in [5.74, 6) is -0.548. The lowest BCUT2D eigenvalue weighted by Crippen LogP contribution is -2.37. The first-order valence-electron chi connectivity index (χ1n) is 10.4. The summed E-state index contributed by atoms with van der Waals surface area (Å²) in [5, 5.41) is 16.8. The zero-order chi connectivity index (χ0) is 24.3. The van der Waals surface area contributed by atoms with Crippen LogP contribution in [0.4, 0.5) is 13.2 Å². The molecule has 0 spiro atoms. The molecule has 1 aromatic heterocycles. The number of aliphatic hydroxyl groups excluding tert-OH is 1. The lowest BCUT2D eigenvalue weighted by Gasteiger charge is -2.16. The molecular weight excluding hydrogens is 447 g/mol. The smallest absolute Gasteiger partial charge is 0.419 e. The van der Waals surface area contributed by atoms with Crippen LogP contribution in [0.25, 0.3) is 22.6 Å². The monoisotopic (exact) mass is 469 g/mol. The fourth-order valence-electron chi connectivity index (χ4n) is 3.23. The maximum Gasteiger partial charge on any atom is 0.419 e. The first kappa shape index (κ1) is 23.5. The molecule has 0 saturated carbocycles. The van der Waals surface area contributed by atoms with Crippen LogP contribution in [-0.4, -0.2) is 21.9 Å². The highest BCUT2D eigenvalue weighted by Crippen LogP contribution is 2.39. The van der Waals surface area contributed by atoms with Gasteiger partial charge in [0.1, 0.15) is 17.9 Å². The van der Waals surface area contributed by atoms with Gasteiger partial charge in [-0.2, -0.15) is 13.2 Å². The van der Waals surface area contributed by atoms with Gasteiger partial charge in [0.25, 0.3) is 0 Å². The normalized spacial score (nSPS) is 13.5. The van der Waals surface area contributed by atoms with E-state index in [0.717, 1.165) is 22.8 Å². The molecule has 0 amide bonds. The van der Waals surface area contributed by atoms with Crippen LogP contribution in [0.15, 0.2) is 77.2 Å². The minimum atomic E-state index is -4.67. The second-order valence-corrected chi connectivity index (χ2v) is 8.05. The Morgan fingerprint density at radius 2 is 1.56 bits per heavy atom. The zero-order valence-corrected chi connectivity index (χ0v) is 18.2. The van der Waals surface area contributed by atoms with Gasteiger partial charge in [0, 0.05) is 5.56 Å². The Labute approximate surface area is 193 Å². The molecule has 0 unspecified atom stereocenters. The van der Waals surface area contributed by atoms with Crippen LogP contribution in [0.2, 0.25) is 0 Å². The van der Waals surface area contributed by atoms with Crippen molar-refractivity contribution in [2.75, 3.05) is 6.61 Å². The summed E-state index contributed by atoms with van der Waals surface area (Å²) in [6.45, 7) is 0.959. The second-order valence-electron chi connectivity index (χ2n) is 8.05. The standard InChI is InChI=1S/C25H22F3N3O3/c1-24(29,15-32)23-31-30-22(34-23)19-11-12-21(20(13-19)25(26,27)28)33-14-16-7-9-18(10-8-16)17-5-3-2-4-6-17/h2-13,32H,14-15,29H2,1H3/t24-/m0/s1. The van der Waals surface area contributed by atoms with Crippen molar-refractivity contribution in [3.8, 4) is 28.3 Å². The molecule has 6 nitrogen and oxygen atoms in total. The number of aromatic nitrogens is 2. The number of nitrogens with zero attached hydrogens (tertiary/aromatic N) is 2. The summed E-state index contributed by atoms with van der Waals surface area (Å²) < 4.78 is 52.2. The molecule has 1 atom stereocenters. The highest BCUT2D eigenvalue weighted by molar-refractivity contribution is 5.63. The van der Waals surface area contributed by atoms with E-state index in [2.05, 4.69) is 10.2 Å². The molecule has 176 valence electrons. The number of ether oxygens (including phenoxy) is 1. The topological polar surface area (TPSA) is 94.4 Å². The van der Waals surface area contributed by atoms with Gasteiger partial charge in [0.2, 0.25) is 11.8 Å². The Morgan fingerprint density at radius 3 is 2.21 bits per heavy atom. The summed E-state index contributed by atoms with van der Waals surface area (Å²) in [6, 6.07) is 20.7. The number of alkyl halides is 3. The van der Waals surface area contributed by atoms with Crippen LogP contribution in [-0.2, 0) is 18.3 Å². The van der Waals surface area contributed by atoms with Crippen LogP contribution in [0.1, 0.15) is 23.9 Å². The van der Waals surface area contributed by atoms with Crippen molar-refractivity contribution in [1.82, 2.24) is 10.2 Å². The van der Waals surface area contributed by atoms with Crippen molar-refractivity contribution in [2.45, 2.75) is 25.2 Å². The van der Waals surface area contributed by atoms with Crippen LogP contribution < -0.4 is 10.5 Å². The van der Waals surface area contributed by atoms with Gasteiger partial charge < -0.3 is 20.0 Å². The predicted octanol–water partition coefficient (Wildman–Crippen LogP) is 5.17. The first-order valence-corrected chi connectivity index (χ1v) is 10.4. The summed E-state index contributed by atoms with van der Waals surface area (Å²) >= 11 is 0. The molecule has 3 N–H and O–H groups in total. The summed E-state index contributed by atoms with van der Waals surface area (Å²) in [4.78, 5) is 0. The highest BCUT2D eigenvalue weighted by Gasteiger charge is 2.35. The van der Waals surface area contributed by atoms with Gasteiger partial charge in [-0.1, -0.05) is 54.6 Å². The molecular formula is C25H22F3N3O3. The van der Waals surface area contributed by atoms with E-state index in [1.54, 1.807) is 0 Å². The average Bonchev–Trinajstić information content (AvgIpc) is 3.34. The molecule has 0 radical (unpaired) electrons. The Bertz CT molecular complexity index is 1250. The van der Waals surface area contributed by atoms with Crippen LogP contribution in [0, 0.1) is 0 Å². The number of benzene rings is 3. The van der Waals surface area contributed by atoms with E-state index in [4.69, 9.17) is 14.9 Å². The van der Waals surface area contributed by atoms with E-state index in [9.17, 15) is 18.3 Å². The van der Waals surface area contributed by atoms with E-state index in [-0.39, 0.29) is 29.7 Å². The number of halogens is 3. The number of aliphatic hydroxyl groups is 1. The molecule has 3 aromatic carbocycles. The lowest BCUT2D eigenvalue weighted by molar-refractivity contribution is -0.139. The van der Waals surface area contributed by atoms with Crippen molar-refractivity contribution in [1.29, 1.82) is 0 Å². The van der Waals surface area contributed by atoms with Crippen LogP contribution in [0.3, 0.4) is 0 Å². The molecule has 0 bridgehead atoms. The van der Waals surface area contributed by atoms with E-state index in [1.165, 1.54) is 19.1 Å². The van der Waals surface area contributed by atoms with Crippen molar-refractivity contribution in [2.24, 2.45) is 5.73 Å². The second kappa shape index (κ2) is 9.28. The van der Waals surface area contributed by atoms with Crippen molar-refractivity contribution < 1.29 is 27.4 Å². The molecule has 34 heavy (non-hydrogen) atoms. The fraction of sp³-hybridized carbons (Fsp3) is 0.200. The maximum atomic E-state index is 13.8. The number of nitrogens with two attached hydrogens (primary N) is 1. The van der Waals surface area contributed by atoms with E-state index in [0.29, 0.717) is 0 Å². The molecule has 0 aliphatic rings. The third-order valence-corrected chi connectivity index (χ3v) is 5.23. The summed E-state index contributed by atoms with van der Waals surface area (Å²) in [5.41, 5.74) is 6.39. The maximum absolute atomic E-state index is 13.8. The summed E-state index contributed by atoms with van der Waals surface area (Å²) in [7, 11) is 0. The SMILES string of the molecule is C[C@](N)(CO)c1nnc(-c2ccc(OCc3ccc(-c4ccccc4)cc3)c(C(F)(F)F)c2)o1. The van der Waals surface area contributed by atoms with Gasteiger partial charge in [0.15, 0.2) is 0 Å². The van der Waals surface area contributed by atoms with Crippen LogP contribution >= 0.6 is 0 Å². The Kier molecular flexibility index (Phi) is 6.41. The first-order chi connectivity index (χ1) is 16.2. The fourth-order valence-corrected chi connectivity index (χ4v) is 3.23. The van der Waals surface area contributed by atoms with E-state index < -0.39 is 23.9 Å². The van der Waals surface area contributed by atoms with Crippen molar-refractivity contribution in [3.63, 3.8) is 0 Å². The van der Waals surface area contributed by atoms with Crippen molar-refractivity contribution in [3.05, 3.63) is 89.8 Å². The molecule has 0 aliphatic heterocycles. The van der Waals surface area contributed by atoms with Gasteiger partial charge in [0.05, 0.1) is 12.2 Å². The number of rotatable bonds is 7. The number of hydrogen-bond acceptors (Lipinski definition) is 6. The molecule has 9 heteroatoms. The molecule has 0 fully saturated rings. The van der Waals surface area contributed by atoms with Gasteiger partial charge >= 0.3 is 6.18 Å². The summed E-state index contributed by atoms with van der Waals surface area (Å²) in [6.07, 6.45) is -4.67. The van der Waals surface area contributed by atoms with Crippen LogP contribution in [0.5, 0.6) is 5.75 Å². The van der Waals surface area contributed by atoms with Gasteiger partial charge in [-0.3, -0.25) is 0 Å².